The summed E-state index contributed by atoms with van der Waals surface area (Å²) >= 11 is 0. The van der Waals surface area contributed by atoms with Crippen LogP contribution in [-0.2, 0) is 14.8 Å². The lowest BCUT2D eigenvalue weighted by Gasteiger charge is -2.35. The van der Waals surface area contributed by atoms with Gasteiger partial charge in [-0.25, -0.2) is 13.2 Å². The maximum Gasteiger partial charge on any atom is 0.250 e. The van der Waals surface area contributed by atoms with Crippen molar-refractivity contribution in [3.05, 3.63) is 11.5 Å². The number of nitrogens with zero attached hydrogens (tertiary/aromatic N) is 3. The van der Waals surface area contributed by atoms with Gasteiger partial charge in [0.2, 0.25) is 16.1 Å². The second-order valence-electron chi connectivity index (χ2n) is 5.02. The number of aryl methyl sites for hydroxylation is 2. The standard InChI is InChI=1S/C12H17N3O4S/c1-8-5-4-6-15(12(8)13-7-16)20(17,18)11-9(2)14-19-10(11)3/h8,12H,4-6H2,1-3H3. The monoisotopic (exact) mass is 299 g/mol. The highest BCUT2D eigenvalue weighted by atomic mass is 32.2. The van der Waals surface area contributed by atoms with Crippen LogP contribution in [0.2, 0.25) is 0 Å². The highest BCUT2D eigenvalue weighted by Crippen LogP contribution is 2.31. The van der Waals surface area contributed by atoms with E-state index >= 15 is 0 Å². The summed E-state index contributed by atoms with van der Waals surface area (Å²) in [4.78, 5) is 14.3. The summed E-state index contributed by atoms with van der Waals surface area (Å²) in [5.41, 5.74) is 0.314. The van der Waals surface area contributed by atoms with E-state index in [0.717, 1.165) is 12.8 Å². The minimum atomic E-state index is -3.78. The molecule has 2 rings (SSSR count). The van der Waals surface area contributed by atoms with E-state index < -0.39 is 16.2 Å². The van der Waals surface area contributed by atoms with Crippen molar-refractivity contribution in [2.24, 2.45) is 10.9 Å². The number of sulfonamides is 1. The molecule has 1 aromatic heterocycles. The lowest BCUT2D eigenvalue weighted by Crippen LogP contribution is -2.46. The van der Waals surface area contributed by atoms with Crippen LogP contribution in [0.25, 0.3) is 0 Å². The van der Waals surface area contributed by atoms with Crippen LogP contribution in [0.3, 0.4) is 0 Å². The van der Waals surface area contributed by atoms with Gasteiger partial charge in [-0.1, -0.05) is 12.1 Å². The van der Waals surface area contributed by atoms with E-state index in [1.54, 1.807) is 13.8 Å². The van der Waals surface area contributed by atoms with E-state index in [4.69, 9.17) is 4.52 Å². The molecule has 110 valence electrons. The van der Waals surface area contributed by atoms with Crippen molar-refractivity contribution in [2.45, 2.75) is 44.7 Å². The maximum absolute atomic E-state index is 12.8. The molecule has 1 aliphatic heterocycles. The number of piperidine rings is 1. The SMILES string of the molecule is Cc1noc(C)c1S(=O)(=O)N1CCCC(C)C1N=C=O. The molecule has 0 radical (unpaired) electrons. The molecule has 0 bridgehead atoms. The number of hydrogen-bond acceptors (Lipinski definition) is 6. The summed E-state index contributed by atoms with van der Waals surface area (Å²) in [6.07, 6.45) is 2.32. The van der Waals surface area contributed by atoms with Gasteiger partial charge in [0.05, 0.1) is 0 Å². The molecule has 20 heavy (non-hydrogen) atoms. The van der Waals surface area contributed by atoms with E-state index in [1.807, 2.05) is 6.92 Å². The number of aliphatic imine (C=N–C) groups is 1. The van der Waals surface area contributed by atoms with E-state index in [2.05, 4.69) is 10.1 Å². The molecule has 1 fully saturated rings. The Morgan fingerprint density at radius 3 is 2.70 bits per heavy atom. The fourth-order valence-corrected chi connectivity index (χ4v) is 4.56. The molecule has 0 aromatic carbocycles. The van der Waals surface area contributed by atoms with Gasteiger partial charge in [-0.3, -0.25) is 0 Å². The first-order valence-corrected chi connectivity index (χ1v) is 7.85. The molecule has 0 amide bonds. The summed E-state index contributed by atoms with van der Waals surface area (Å²) in [5.74, 6) is 0.218. The van der Waals surface area contributed by atoms with Crippen molar-refractivity contribution in [1.29, 1.82) is 0 Å². The lowest BCUT2D eigenvalue weighted by molar-refractivity contribution is 0.193. The van der Waals surface area contributed by atoms with Gasteiger partial charge in [0.15, 0.2) is 5.76 Å². The number of aromatic nitrogens is 1. The summed E-state index contributed by atoms with van der Waals surface area (Å²) in [6, 6.07) is 0. The molecule has 2 unspecified atom stereocenters. The highest BCUT2D eigenvalue weighted by Gasteiger charge is 2.40. The molecule has 2 heterocycles. The van der Waals surface area contributed by atoms with Gasteiger partial charge < -0.3 is 4.52 Å². The van der Waals surface area contributed by atoms with Crippen molar-refractivity contribution in [2.75, 3.05) is 6.54 Å². The average molecular weight is 299 g/mol. The topological polar surface area (TPSA) is 92.8 Å². The first kappa shape index (κ1) is 14.9. The Morgan fingerprint density at radius 1 is 1.45 bits per heavy atom. The third-order valence-corrected chi connectivity index (χ3v) is 5.68. The fraction of sp³-hybridized carbons (Fsp3) is 0.667. The Hall–Kier alpha value is -1.50. The van der Waals surface area contributed by atoms with E-state index in [9.17, 15) is 13.2 Å². The molecule has 1 aliphatic rings. The Morgan fingerprint density at radius 2 is 2.15 bits per heavy atom. The molecule has 2 atom stereocenters. The van der Waals surface area contributed by atoms with Crippen LogP contribution in [0.5, 0.6) is 0 Å². The Bertz CT molecular complexity index is 626. The van der Waals surface area contributed by atoms with Crippen molar-refractivity contribution >= 4 is 16.1 Å². The van der Waals surface area contributed by atoms with Gasteiger partial charge in [-0.15, -0.1) is 0 Å². The molecule has 1 saturated heterocycles. The van der Waals surface area contributed by atoms with Gasteiger partial charge in [0.1, 0.15) is 16.8 Å². The molecule has 0 saturated carbocycles. The Balaban J connectivity index is 2.49. The quantitative estimate of drug-likeness (QED) is 0.621. The van der Waals surface area contributed by atoms with E-state index in [0.29, 0.717) is 12.2 Å². The third-order valence-electron chi connectivity index (χ3n) is 3.56. The number of carbonyl (C=O) groups excluding carboxylic acids is 1. The van der Waals surface area contributed by atoms with E-state index in [1.165, 1.54) is 10.4 Å². The molecule has 0 N–H and O–H groups in total. The maximum atomic E-state index is 12.8. The molecule has 8 heteroatoms. The molecule has 7 nitrogen and oxygen atoms in total. The average Bonchev–Trinajstić information content (AvgIpc) is 2.72. The van der Waals surface area contributed by atoms with Gasteiger partial charge in [0.25, 0.3) is 0 Å². The van der Waals surface area contributed by atoms with Crippen molar-refractivity contribution < 1.29 is 17.7 Å². The third kappa shape index (κ3) is 2.42. The predicted octanol–water partition coefficient (Wildman–Crippen LogP) is 1.37. The predicted molar refractivity (Wildman–Crippen MR) is 70.2 cm³/mol. The summed E-state index contributed by atoms with van der Waals surface area (Å²) in [7, 11) is -3.78. The lowest BCUT2D eigenvalue weighted by atomic mass is 9.98. The van der Waals surface area contributed by atoms with Gasteiger partial charge in [-0.05, 0) is 32.6 Å². The minimum absolute atomic E-state index is 0.0274. The minimum Gasteiger partial charge on any atom is -0.360 e. The molecule has 0 aliphatic carbocycles. The van der Waals surface area contributed by atoms with Crippen LogP contribution in [0.1, 0.15) is 31.2 Å². The van der Waals surface area contributed by atoms with Crippen LogP contribution >= 0.6 is 0 Å². The molecular formula is C12H17N3O4S. The van der Waals surface area contributed by atoms with Gasteiger partial charge in [0, 0.05) is 6.54 Å². The molecule has 1 aromatic rings. The fourth-order valence-electron chi connectivity index (χ4n) is 2.60. The van der Waals surface area contributed by atoms with Crippen molar-refractivity contribution in [3.8, 4) is 0 Å². The zero-order valence-electron chi connectivity index (χ0n) is 11.7. The zero-order chi connectivity index (χ0) is 14.9. The second kappa shape index (κ2) is 5.47. The highest BCUT2D eigenvalue weighted by molar-refractivity contribution is 7.89. The number of isocyanates is 1. The van der Waals surface area contributed by atoms with Crippen LogP contribution in [0, 0.1) is 19.8 Å². The molecular weight excluding hydrogens is 282 g/mol. The Labute approximate surface area is 117 Å². The van der Waals surface area contributed by atoms with Crippen LogP contribution in [0.4, 0.5) is 0 Å². The molecule has 0 spiro atoms. The number of hydrogen-bond donors (Lipinski definition) is 0. The van der Waals surface area contributed by atoms with Gasteiger partial charge in [-0.2, -0.15) is 9.30 Å². The van der Waals surface area contributed by atoms with Crippen LogP contribution < -0.4 is 0 Å². The van der Waals surface area contributed by atoms with Crippen LogP contribution in [0.15, 0.2) is 14.4 Å². The number of rotatable bonds is 3. The zero-order valence-corrected chi connectivity index (χ0v) is 12.5. The van der Waals surface area contributed by atoms with Crippen LogP contribution in [-0.4, -0.2) is 36.7 Å². The summed E-state index contributed by atoms with van der Waals surface area (Å²) < 4.78 is 31.7. The largest absolute Gasteiger partial charge is 0.360 e. The normalized spacial score (nSPS) is 24.4. The van der Waals surface area contributed by atoms with E-state index in [-0.39, 0.29) is 16.6 Å². The first-order valence-electron chi connectivity index (χ1n) is 6.41. The second-order valence-corrected chi connectivity index (χ2v) is 6.85. The Kier molecular flexibility index (Phi) is 4.08. The summed E-state index contributed by atoms with van der Waals surface area (Å²) in [6.45, 7) is 5.33. The first-order chi connectivity index (χ1) is 9.39. The van der Waals surface area contributed by atoms with Crippen molar-refractivity contribution in [1.82, 2.24) is 9.46 Å². The van der Waals surface area contributed by atoms with Gasteiger partial charge >= 0.3 is 0 Å². The smallest absolute Gasteiger partial charge is 0.250 e. The van der Waals surface area contributed by atoms with Crippen molar-refractivity contribution in [3.63, 3.8) is 0 Å². The summed E-state index contributed by atoms with van der Waals surface area (Å²) in [5, 5.41) is 3.68.